The lowest BCUT2D eigenvalue weighted by Gasteiger charge is -2.03. The van der Waals surface area contributed by atoms with Gasteiger partial charge in [-0.3, -0.25) is 0 Å². The number of benzene rings is 1. The van der Waals surface area contributed by atoms with Crippen molar-refractivity contribution in [2.75, 3.05) is 0 Å². The van der Waals surface area contributed by atoms with E-state index in [0.717, 1.165) is 23.1 Å². The van der Waals surface area contributed by atoms with E-state index in [4.69, 9.17) is 5.26 Å². The van der Waals surface area contributed by atoms with Gasteiger partial charge in [0.1, 0.15) is 34.4 Å². The highest BCUT2D eigenvalue weighted by Crippen LogP contribution is 2.44. The molecule has 0 atom stereocenters. The molecule has 30 heavy (non-hydrogen) atoms. The third-order valence-corrected chi connectivity index (χ3v) is 5.28. The van der Waals surface area contributed by atoms with Crippen LogP contribution in [0.5, 0.6) is 11.5 Å². The number of aryl methyl sites for hydroxylation is 2. The van der Waals surface area contributed by atoms with Crippen molar-refractivity contribution in [3.05, 3.63) is 35.3 Å². The van der Waals surface area contributed by atoms with E-state index in [0.29, 0.717) is 33.1 Å². The molecule has 1 aromatic carbocycles. The smallest absolute Gasteiger partial charge is 0.249 e. The number of nitriles is 1. The van der Waals surface area contributed by atoms with Crippen molar-refractivity contribution in [1.82, 2.24) is 18.7 Å². The molecule has 0 radical (unpaired) electrons. The summed E-state index contributed by atoms with van der Waals surface area (Å²) in [7, 11) is 0. The number of phenolic OH excluding ortho intramolecular Hbond substituents is 2. The van der Waals surface area contributed by atoms with Crippen LogP contribution in [0.4, 0.5) is 21.5 Å². The van der Waals surface area contributed by atoms with Crippen LogP contribution in [0.2, 0.25) is 0 Å². The zero-order valence-electron chi connectivity index (χ0n) is 15.5. The van der Waals surface area contributed by atoms with Crippen molar-refractivity contribution in [3.63, 3.8) is 0 Å². The van der Waals surface area contributed by atoms with Gasteiger partial charge in [-0.05, 0) is 43.6 Å². The van der Waals surface area contributed by atoms with Crippen LogP contribution >= 0.6 is 23.1 Å². The van der Waals surface area contributed by atoms with Crippen LogP contribution in [0.1, 0.15) is 17.1 Å². The predicted molar refractivity (Wildman–Crippen MR) is 110 cm³/mol. The van der Waals surface area contributed by atoms with E-state index in [-0.39, 0.29) is 22.3 Å². The Morgan fingerprint density at radius 3 is 2.57 bits per heavy atom. The first-order valence-corrected chi connectivity index (χ1v) is 9.87. The van der Waals surface area contributed by atoms with Crippen molar-refractivity contribution in [2.45, 2.75) is 13.8 Å². The average Bonchev–Trinajstić information content (AvgIpc) is 3.32. The van der Waals surface area contributed by atoms with Gasteiger partial charge in [0.2, 0.25) is 5.13 Å². The minimum atomic E-state index is -0.395. The molecule has 3 heterocycles. The first kappa shape index (κ1) is 19.4. The number of aromatic hydroxyl groups is 2. The molecule has 11 nitrogen and oxygen atoms in total. The summed E-state index contributed by atoms with van der Waals surface area (Å²) in [5, 5.41) is 46.1. The highest BCUT2D eigenvalue weighted by atomic mass is 32.1. The zero-order valence-corrected chi connectivity index (χ0v) is 17.1. The molecule has 0 saturated heterocycles. The van der Waals surface area contributed by atoms with Crippen LogP contribution < -0.4 is 0 Å². The molecule has 13 heteroatoms. The molecule has 3 aromatic heterocycles. The van der Waals surface area contributed by atoms with Crippen LogP contribution in [-0.2, 0) is 0 Å². The second-order valence-electron chi connectivity index (χ2n) is 5.91. The normalized spacial score (nSPS) is 11.6. The number of rotatable bonds is 4. The maximum Gasteiger partial charge on any atom is 0.249 e. The van der Waals surface area contributed by atoms with E-state index in [1.165, 1.54) is 12.1 Å². The van der Waals surface area contributed by atoms with E-state index >= 15 is 0 Å². The van der Waals surface area contributed by atoms with Gasteiger partial charge in [-0.1, -0.05) is 0 Å². The predicted octanol–water partition coefficient (Wildman–Crippen LogP) is 5.27. The number of nitrogens with zero attached hydrogens (tertiary/aromatic N) is 9. The van der Waals surface area contributed by atoms with Gasteiger partial charge in [0.15, 0.2) is 16.4 Å². The lowest BCUT2D eigenvalue weighted by Crippen LogP contribution is -1.87. The van der Waals surface area contributed by atoms with Crippen LogP contribution in [0.15, 0.2) is 38.7 Å². The molecule has 2 N–H and O–H groups in total. The van der Waals surface area contributed by atoms with E-state index in [9.17, 15) is 10.2 Å². The van der Waals surface area contributed by atoms with Gasteiger partial charge in [0.25, 0.3) is 0 Å². The molecule has 0 fully saturated rings. The Balaban J connectivity index is 1.68. The van der Waals surface area contributed by atoms with Crippen molar-refractivity contribution in [2.24, 2.45) is 20.5 Å². The lowest BCUT2D eigenvalue weighted by atomic mass is 10.2. The van der Waals surface area contributed by atoms with Crippen molar-refractivity contribution < 1.29 is 10.2 Å². The van der Waals surface area contributed by atoms with Crippen LogP contribution in [0.25, 0.3) is 11.0 Å². The molecule has 4 rings (SSSR count). The van der Waals surface area contributed by atoms with Gasteiger partial charge in [-0.2, -0.15) is 14.0 Å². The molecule has 0 aliphatic heterocycles. The van der Waals surface area contributed by atoms with Gasteiger partial charge in [-0.25, -0.2) is 9.97 Å². The molecule has 0 amide bonds. The van der Waals surface area contributed by atoms with Crippen LogP contribution in [0.3, 0.4) is 0 Å². The number of phenols is 2. The minimum Gasteiger partial charge on any atom is -0.505 e. The fraction of sp³-hybridized carbons (Fsp3) is 0.118. The van der Waals surface area contributed by atoms with Gasteiger partial charge in [0.05, 0.1) is 11.3 Å². The molecule has 0 spiro atoms. The standard InChI is InChI=1S/C17H11N9O2S2/c1-7-9(6-18)5-11-13(19-7)16(29-26-11)23-21-10-3-4-12(27)14(15(10)28)22-24-17-20-8(2)25-30-17/h3-5,27-28H,1-2H3/b23-21+,24-22+. The lowest BCUT2D eigenvalue weighted by molar-refractivity contribution is 0.453. The molecule has 0 unspecified atom stereocenters. The Morgan fingerprint density at radius 2 is 1.83 bits per heavy atom. The van der Waals surface area contributed by atoms with Crippen molar-refractivity contribution in [3.8, 4) is 17.6 Å². The molecule has 0 aliphatic carbocycles. The number of fused-ring (bicyclic) bond motifs is 1. The third-order valence-electron chi connectivity index (χ3n) is 3.86. The average molecular weight is 437 g/mol. The first-order valence-electron chi connectivity index (χ1n) is 8.32. The third kappa shape index (κ3) is 3.69. The largest absolute Gasteiger partial charge is 0.505 e. The minimum absolute atomic E-state index is 0.0714. The summed E-state index contributed by atoms with van der Waals surface area (Å²) in [4.78, 5) is 8.40. The summed E-state index contributed by atoms with van der Waals surface area (Å²) in [6.45, 7) is 3.44. The molecule has 148 valence electrons. The van der Waals surface area contributed by atoms with Gasteiger partial charge in [0, 0.05) is 11.5 Å². The maximum absolute atomic E-state index is 10.4. The van der Waals surface area contributed by atoms with E-state index in [2.05, 4.69) is 45.2 Å². The number of hydrogen-bond donors (Lipinski definition) is 2. The highest BCUT2D eigenvalue weighted by molar-refractivity contribution is 7.11. The van der Waals surface area contributed by atoms with E-state index in [1.807, 2.05) is 0 Å². The Hall–Kier alpha value is -3.89. The molecule has 0 bridgehead atoms. The van der Waals surface area contributed by atoms with Gasteiger partial charge >= 0.3 is 0 Å². The quantitative estimate of drug-likeness (QED) is 0.410. The number of aromatic nitrogens is 4. The summed E-state index contributed by atoms with van der Waals surface area (Å²) in [5.74, 6) is -0.123. The molecule has 0 aliphatic rings. The number of azo groups is 2. The van der Waals surface area contributed by atoms with E-state index in [1.54, 1.807) is 19.9 Å². The summed E-state index contributed by atoms with van der Waals surface area (Å²) in [6.07, 6.45) is 0. The molecule has 0 saturated carbocycles. The van der Waals surface area contributed by atoms with Crippen molar-refractivity contribution >= 4 is 55.6 Å². The fourth-order valence-corrected chi connectivity index (χ4v) is 3.54. The summed E-state index contributed by atoms with van der Waals surface area (Å²) >= 11 is 2.10. The molecular weight excluding hydrogens is 426 g/mol. The summed E-state index contributed by atoms with van der Waals surface area (Å²) in [6, 6.07) is 6.41. The Morgan fingerprint density at radius 1 is 1.00 bits per heavy atom. The highest BCUT2D eigenvalue weighted by Gasteiger charge is 2.14. The molecule has 4 aromatic rings. The zero-order chi connectivity index (χ0) is 21.3. The molecular formula is C17H11N9O2S2. The summed E-state index contributed by atoms with van der Waals surface area (Å²) < 4.78 is 8.21. The topological polar surface area (TPSA) is 165 Å². The monoisotopic (exact) mass is 437 g/mol. The van der Waals surface area contributed by atoms with E-state index < -0.39 is 5.75 Å². The summed E-state index contributed by atoms with van der Waals surface area (Å²) in [5.41, 5.74) is 1.94. The first-order chi connectivity index (χ1) is 14.5. The number of hydrogen-bond acceptors (Lipinski definition) is 13. The Kier molecular flexibility index (Phi) is 5.09. The second-order valence-corrected chi connectivity index (χ2v) is 7.40. The fourth-order valence-electron chi connectivity index (χ4n) is 2.39. The number of pyridine rings is 1. The Bertz CT molecular complexity index is 1370. The Labute approximate surface area is 177 Å². The maximum atomic E-state index is 10.4. The van der Waals surface area contributed by atoms with Crippen LogP contribution in [-0.4, -0.2) is 28.9 Å². The second kappa shape index (κ2) is 7.85. The SMILES string of the molecule is Cc1nsc(/N=N/c2c(O)ccc(/N=N/c3snc4cc(C#N)c(C)nc34)c2O)n1. The van der Waals surface area contributed by atoms with Crippen molar-refractivity contribution in [1.29, 1.82) is 5.26 Å². The van der Waals surface area contributed by atoms with Gasteiger partial charge in [-0.15, -0.1) is 20.5 Å². The van der Waals surface area contributed by atoms with Gasteiger partial charge < -0.3 is 10.2 Å². The van der Waals surface area contributed by atoms with Crippen LogP contribution in [0, 0.1) is 25.2 Å².